The third-order valence-corrected chi connectivity index (χ3v) is 2.84. The van der Waals surface area contributed by atoms with Gasteiger partial charge in [-0.25, -0.2) is 0 Å². The van der Waals surface area contributed by atoms with Gasteiger partial charge in [-0.3, -0.25) is 4.99 Å². The summed E-state index contributed by atoms with van der Waals surface area (Å²) in [5, 5.41) is 16.7. The standard InChI is InChI=1S/C12H25N3O2.HI/c1-3-7-14-11(13-4-2)15-10-12(16)5-8-17-9-6-12;/h16H,3-10H2,1-2H3,(H2,13,14,15);1H. The van der Waals surface area contributed by atoms with Gasteiger partial charge in [0.2, 0.25) is 0 Å². The zero-order chi connectivity index (χ0) is 12.6. The van der Waals surface area contributed by atoms with Crippen LogP contribution >= 0.6 is 24.0 Å². The molecule has 108 valence electrons. The average Bonchev–Trinajstić information content (AvgIpc) is 2.34. The van der Waals surface area contributed by atoms with Crippen molar-refractivity contribution in [3.8, 4) is 0 Å². The van der Waals surface area contributed by atoms with Crippen LogP contribution in [-0.2, 0) is 4.74 Å². The van der Waals surface area contributed by atoms with E-state index in [1.165, 1.54) is 0 Å². The van der Waals surface area contributed by atoms with E-state index in [9.17, 15) is 5.11 Å². The summed E-state index contributed by atoms with van der Waals surface area (Å²) in [6.07, 6.45) is 2.40. The third-order valence-electron chi connectivity index (χ3n) is 2.84. The second kappa shape index (κ2) is 9.80. The molecule has 0 bridgehead atoms. The Morgan fingerprint density at radius 1 is 1.28 bits per heavy atom. The van der Waals surface area contributed by atoms with Crippen LogP contribution in [0.5, 0.6) is 0 Å². The van der Waals surface area contributed by atoms with E-state index in [1.807, 2.05) is 6.92 Å². The molecule has 0 spiro atoms. The number of hydrogen-bond acceptors (Lipinski definition) is 3. The maximum absolute atomic E-state index is 10.3. The van der Waals surface area contributed by atoms with E-state index in [-0.39, 0.29) is 24.0 Å². The molecular formula is C12H26IN3O2. The van der Waals surface area contributed by atoms with Gasteiger partial charge < -0.3 is 20.5 Å². The molecule has 18 heavy (non-hydrogen) atoms. The summed E-state index contributed by atoms with van der Waals surface area (Å²) < 4.78 is 5.24. The van der Waals surface area contributed by atoms with Crippen molar-refractivity contribution in [1.82, 2.24) is 10.6 Å². The van der Waals surface area contributed by atoms with Crippen molar-refractivity contribution in [2.45, 2.75) is 38.7 Å². The lowest BCUT2D eigenvalue weighted by Crippen LogP contribution is -2.42. The SMILES string of the molecule is CCCNC(=NCC1(O)CCOCC1)NCC.I. The maximum Gasteiger partial charge on any atom is 0.191 e. The van der Waals surface area contributed by atoms with Crippen molar-refractivity contribution >= 4 is 29.9 Å². The van der Waals surface area contributed by atoms with Crippen molar-refractivity contribution in [1.29, 1.82) is 0 Å². The summed E-state index contributed by atoms with van der Waals surface area (Å²) in [5.74, 6) is 0.786. The molecule has 6 heteroatoms. The van der Waals surface area contributed by atoms with Gasteiger partial charge in [0.15, 0.2) is 5.96 Å². The molecule has 0 atom stereocenters. The second-order valence-corrected chi connectivity index (χ2v) is 4.46. The highest BCUT2D eigenvalue weighted by atomic mass is 127. The minimum Gasteiger partial charge on any atom is -0.388 e. The summed E-state index contributed by atoms with van der Waals surface area (Å²) in [4.78, 5) is 4.44. The molecule has 1 rings (SSSR count). The molecule has 0 aromatic heterocycles. The van der Waals surface area contributed by atoms with Crippen LogP contribution in [0.1, 0.15) is 33.1 Å². The van der Waals surface area contributed by atoms with E-state index in [0.717, 1.165) is 25.5 Å². The molecule has 0 radical (unpaired) electrons. The normalized spacial score (nSPS) is 18.9. The average molecular weight is 371 g/mol. The maximum atomic E-state index is 10.3. The van der Waals surface area contributed by atoms with E-state index < -0.39 is 5.60 Å². The van der Waals surface area contributed by atoms with E-state index in [0.29, 0.717) is 32.6 Å². The highest BCUT2D eigenvalue weighted by Gasteiger charge is 2.29. The quantitative estimate of drug-likeness (QED) is 0.385. The van der Waals surface area contributed by atoms with Crippen molar-refractivity contribution in [3.05, 3.63) is 0 Å². The molecule has 0 unspecified atom stereocenters. The second-order valence-electron chi connectivity index (χ2n) is 4.46. The van der Waals surface area contributed by atoms with Crippen molar-refractivity contribution in [3.63, 3.8) is 0 Å². The summed E-state index contributed by atoms with van der Waals surface area (Å²) in [6.45, 7) is 7.57. The minimum absolute atomic E-state index is 0. The minimum atomic E-state index is -0.688. The molecular weight excluding hydrogens is 345 g/mol. The molecule has 0 aromatic rings. The fraction of sp³-hybridized carbons (Fsp3) is 0.917. The molecule has 0 saturated carbocycles. The fourth-order valence-electron chi connectivity index (χ4n) is 1.72. The third kappa shape index (κ3) is 6.75. The Hall–Kier alpha value is -0.0800. The first-order valence-corrected chi connectivity index (χ1v) is 6.52. The molecule has 1 saturated heterocycles. The first-order valence-electron chi connectivity index (χ1n) is 6.52. The van der Waals surface area contributed by atoms with Crippen LogP contribution in [0.2, 0.25) is 0 Å². The largest absolute Gasteiger partial charge is 0.388 e. The Morgan fingerprint density at radius 3 is 2.50 bits per heavy atom. The van der Waals surface area contributed by atoms with Crippen molar-refractivity contribution in [2.75, 3.05) is 32.8 Å². The number of ether oxygens (including phenoxy) is 1. The summed E-state index contributed by atoms with van der Waals surface area (Å²) in [5.41, 5.74) is -0.688. The zero-order valence-electron chi connectivity index (χ0n) is 11.4. The van der Waals surface area contributed by atoms with Crippen LogP contribution in [-0.4, -0.2) is 49.5 Å². The van der Waals surface area contributed by atoms with Crippen molar-refractivity contribution < 1.29 is 9.84 Å². The van der Waals surface area contributed by atoms with Gasteiger partial charge in [0.25, 0.3) is 0 Å². The Kier molecular flexibility index (Phi) is 9.76. The first kappa shape index (κ1) is 17.9. The lowest BCUT2D eigenvalue weighted by atomic mass is 9.95. The molecule has 1 heterocycles. The number of hydrogen-bond donors (Lipinski definition) is 3. The number of aliphatic imine (C=N–C) groups is 1. The highest BCUT2D eigenvalue weighted by Crippen LogP contribution is 2.20. The molecule has 1 aliphatic heterocycles. The fourth-order valence-corrected chi connectivity index (χ4v) is 1.72. The van der Waals surface area contributed by atoms with Gasteiger partial charge in [-0.2, -0.15) is 0 Å². The molecule has 0 aromatic carbocycles. The van der Waals surface area contributed by atoms with Crippen LogP contribution < -0.4 is 10.6 Å². The van der Waals surface area contributed by atoms with E-state index in [1.54, 1.807) is 0 Å². The van der Waals surface area contributed by atoms with Crippen LogP contribution in [0.4, 0.5) is 0 Å². The van der Waals surface area contributed by atoms with Crippen LogP contribution in [0.25, 0.3) is 0 Å². The monoisotopic (exact) mass is 371 g/mol. The number of guanidine groups is 1. The molecule has 1 aliphatic rings. The zero-order valence-corrected chi connectivity index (χ0v) is 13.7. The van der Waals surface area contributed by atoms with Gasteiger partial charge >= 0.3 is 0 Å². The number of rotatable bonds is 5. The van der Waals surface area contributed by atoms with Gasteiger partial charge in [0.05, 0.1) is 12.1 Å². The van der Waals surface area contributed by atoms with Crippen molar-refractivity contribution in [2.24, 2.45) is 4.99 Å². The first-order chi connectivity index (χ1) is 8.20. The predicted octanol–water partition coefficient (Wildman–Crippen LogP) is 1.11. The van der Waals surface area contributed by atoms with E-state index in [4.69, 9.17) is 4.74 Å². The van der Waals surface area contributed by atoms with Gasteiger partial charge in [-0.1, -0.05) is 6.92 Å². The van der Waals surface area contributed by atoms with Crippen LogP contribution in [0, 0.1) is 0 Å². The Bertz CT molecular complexity index is 243. The lowest BCUT2D eigenvalue weighted by molar-refractivity contribution is -0.0565. The van der Waals surface area contributed by atoms with Crippen LogP contribution in [0.15, 0.2) is 4.99 Å². The Balaban J connectivity index is 0.00000289. The van der Waals surface area contributed by atoms with Crippen LogP contribution in [0.3, 0.4) is 0 Å². The smallest absolute Gasteiger partial charge is 0.191 e. The Morgan fingerprint density at radius 2 is 1.94 bits per heavy atom. The number of aliphatic hydroxyl groups is 1. The number of nitrogens with one attached hydrogen (secondary N) is 2. The molecule has 1 fully saturated rings. The topological polar surface area (TPSA) is 65.9 Å². The molecule has 3 N–H and O–H groups in total. The molecule has 5 nitrogen and oxygen atoms in total. The van der Waals surface area contributed by atoms with E-state index in [2.05, 4.69) is 22.5 Å². The molecule has 0 amide bonds. The summed E-state index contributed by atoms with van der Waals surface area (Å²) >= 11 is 0. The number of nitrogens with zero attached hydrogens (tertiary/aromatic N) is 1. The summed E-state index contributed by atoms with van der Waals surface area (Å²) in [7, 11) is 0. The van der Waals surface area contributed by atoms with Gasteiger partial charge in [0.1, 0.15) is 0 Å². The highest BCUT2D eigenvalue weighted by molar-refractivity contribution is 14.0. The summed E-state index contributed by atoms with van der Waals surface area (Å²) in [6, 6.07) is 0. The van der Waals surface area contributed by atoms with Gasteiger partial charge in [-0.15, -0.1) is 24.0 Å². The van der Waals surface area contributed by atoms with E-state index >= 15 is 0 Å². The predicted molar refractivity (Wildman–Crippen MR) is 84.7 cm³/mol. The van der Waals surface area contributed by atoms with Gasteiger partial charge in [-0.05, 0) is 13.3 Å². The van der Waals surface area contributed by atoms with Gasteiger partial charge in [0, 0.05) is 39.1 Å². The molecule has 0 aliphatic carbocycles. The Labute approximate surface area is 127 Å². The lowest BCUT2D eigenvalue weighted by Gasteiger charge is -2.30. The number of halogens is 1.